The van der Waals surface area contributed by atoms with Gasteiger partial charge in [-0.15, -0.1) is 0 Å². The molecule has 1 aliphatic rings. The van der Waals surface area contributed by atoms with E-state index >= 15 is 0 Å². The molecule has 21 heavy (non-hydrogen) atoms. The van der Waals surface area contributed by atoms with Gasteiger partial charge in [0.05, 0.1) is 11.3 Å². The van der Waals surface area contributed by atoms with Crippen molar-refractivity contribution >= 4 is 11.6 Å². The van der Waals surface area contributed by atoms with Crippen molar-refractivity contribution in [3.63, 3.8) is 0 Å². The molecule has 2 heterocycles. The van der Waals surface area contributed by atoms with Crippen LogP contribution in [0.2, 0.25) is 5.15 Å². The number of nitrogens with zero attached hydrogens (tertiary/aromatic N) is 2. The maximum atomic E-state index is 6.38. The summed E-state index contributed by atoms with van der Waals surface area (Å²) in [5.41, 5.74) is 1.90. The lowest BCUT2D eigenvalue weighted by atomic mass is 9.82. The van der Waals surface area contributed by atoms with Crippen molar-refractivity contribution in [2.75, 3.05) is 26.9 Å². The minimum Gasteiger partial charge on any atom is -0.381 e. The molecule has 1 saturated heterocycles. The Kier molecular flexibility index (Phi) is 5.66. The lowest BCUT2D eigenvalue weighted by Crippen LogP contribution is -2.55. The predicted octanol–water partition coefficient (Wildman–Crippen LogP) is 2.10. The fraction of sp³-hybridized carbons (Fsp3) is 0.800. The van der Waals surface area contributed by atoms with E-state index in [0.29, 0.717) is 11.8 Å². The third-order valence-electron chi connectivity index (χ3n) is 4.43. The van der Waals surface area contributed by atoms with Gasteiger partial charge in [0.25, 0.3) is 0 Å². The topological polar surface area (TPSA) is 48.3 Å². The second-order valence-corrected chi connectivity index (χ2v) is 5.99. The van der Waals surface area contributed by atoms with Crippen LogP contribution in [-0.4, -0.2) is 48.3 Å². The molecule has 0 saturated carbocycles. The van der Waals surface area contributed by atoms with Crippen LogP contribution in [0.25, 0.3) is 0 Å². The van der Waals surface area contributed by atoms with Gasteiger partial charge in [0.1, 0.15) is 5.15 Å². The van der Waals surface area contributed by atoms with Crippen molar-refractivity contribution in [3.8, 4) is 0 Å². The van der Waals surface area contributed by atoms with Crippen LogP contribution in [0.15, 0.2) is 0 Å². The van der Waals surface area contributed by atoms with Crippen LogP contribution in [0.4, 0.5) is 0 Å². The van der Waals surface area contributed by atoms with Crippen molar-refractivity contribution in [2.24, 2.45) is 7.05 Å². The molecule has 0 spiro atoms. The summed E-state index contributed by atoms with van der Waals surface area (Å²) in [4.78, 5) is 0. The first-order valence-corrected chi connectivity index (χ1v) is 7.98. The van der Waals surface area contributed by atoms with Crippen LogP contribution < -0.4 is 5.32 Å². The van der Waals surface area contributed by atoms with Gasteiger partial charge in [0, 0.05) is 51.3 Å². The summed E-state index contributed by atoms with van der Waals surface area (Å²) < 4.78 is 13.4. The van der Waals surface area contributed by atoms with Crippen LogP contribution in [0, 0.1) is 6.92 Å². The summed E-state index contributed by atoms with van der Waals surface area (Å²) >= 11 is 6.38. The van der Waals surface area contributed by atoms with Crippen molar-refractivity contribution in [1.29, 1.82) is 0 Å². The highest BCUT2D eigenvalue weighted by molar-refractivity contribution is 6.30. The Labute approximate surface area is 131 Å². The number of hydrogen-bond acceptors (Lipinski definition) is 4. The van der Waals surface area contributed by atoms with Crippen molar-refractivity contribution in [3.05, 3.63) is 16.4 Å². The Balaban J connectivity index is 2.24. The standard InChI is InChI=1S/C15H26ClN3O2/c1-5-21-15(6-8-20-9-7-15)13(17-3)10-12-11(2)18-19(4)14(12)16/h13,17H,5-10H2,1-4H3. The minimum absolute atomic E-state index is 0.187. The molecule has 1 N–H and O–H groups in total. The molecular formula is C15H26ClN3O2. The van der Waals surface area contributed by atoms with E-state index in [0.717, 1.165) is 43.7 Å². The third-order valence-corrected chi connectivity index (χ3v) is 4.91. The van der Waals surface area contributed by atoms with Gasteiger partial charge in [0.15, 0.2) is 0 Å². The molecule has 0 bridgehead atoms. The molecule has 120 valence electrons. The quantitative estimate of drug-likeness (QED) is 0.873. The van der Waals surface area contributed by atoms with Gasteiger partial charge in [-0.2, -0.15) is 5.10 Å². The lowest BCUT2D eigenvalue weighted by Gasteiger charge is -2.43. The minimum atomic E-state index is -0.187. The molecule has 1 aromatic rings. The summed E-state index contributed by atoms with van der Waals surface area (Å²) in [5, 5.41) is 8.55. The zero-order valence-electron chi connectivity index (χ0n) is 13.4. The maximum Gasteiger partial charge on any atom is 0.130 e. The average Bonchev–Trinajstić information content (AvgIpc) is 2.71. The lowest BCUT2D eigenvalue weighted by molar-refractivity contribution is -0.125. The van der Waals surface area contributed by atoms with Crippen LogP contribution in [0.3, 0.4) is 0 Å². The van der Waals surface area contributed by atoms with E-state index in [1.54, 1.807) is 4.68 Å². The number of aryl methyl sites for hydroxylation is 2. The Morgan fingerprint density at radius 1 is 1.48 bits per heavy atom. The Hall–Kier alpha value is -0.620. The molecule has 1 aliphatic heterocycles. The summed E-state index contributed by atoms with van der Waals surface area (Å²) in [6.45, 7) is 6.26. The number of halogens is 1. The van der Waals surface area contributed by atoms with Gasteiger partial charge in [-0.3, -0.25) is 4.68 Å². The van der Waals surface area contributed by atoms with Gasteiger partial charge < -0.3 is 14.8 Å². The smallest absolute Gasteiger partial charge is 0.130 e. The normalized spacial score (nSPS) is 19.7. The van der Waals surface area contributed by atoms with Gasteiger partial charge in [-0.05, 0) is 27.3 Å². The number of likely N-dealkylation sites (N-methyl/N-ethyl adjacent to an activating group) is 1. The molecule has 1 aromatic heterocycles. The average molecular weight is 316 g/mol. The summed E-state index contributed by atoms with van der Waals surface area (Å²) in [6, 6.07) is 0.196. The highest BCUT2D eigenvalue weighted by Gasteiger charge is 2.41. The van der Waals surface area contributed by atoms with Crippen molar-refractivity contribution in [1.82, 2.24) is 15.1 Å². The Morgan fingerprint density at radius 3 is 2.62 bits per heavy atom. The van der Waals surface area contributed by atoms with Crippen LogP contribution in [-0.2, 0) is 22.9 Å². The van der Waals surface area contributed by atoms with Gasteiger partial charge in [-0.1, -0.05) is 11.6 Å². The van der Waals surface area contributed by atoms with Crippen LogP contribution in [0.1, 0.15) is 31.0 Å². The first-order chi connectivity index (χ1) is 10.0. The molecular weight excluding hydrogens is 290 g/mol. The molecule has 1 unspecified atom stereocenters. The first-order valence-electron chi connectivity index (χ1n) is 7.61. The fourth-order valence-corrected chi connectivity index (χ4v) is 3.51. The zero-order chi connectivity index (χ0) is 15.5. The monoisotopic (exact) mass is 315 g/mol. The highest BCUT2D eigenvalue weighted by Crippen LogP contribution is 2.32. The molecule has 0 aliphatic carbocycles. The molecule has 5 nitrogen and oxygen atoms in total. The van der Waals surface area contributed by atoms with E-state index in [2.05, 4.69) is 10.4 Å². The van der Waals surface area contributed by atoms with Crippen molar-refractivity contribution in [2.45, 2.75) is 44.8 Å². The van der Waals surface area contributed by atoms with Crippen molar-refractivity contribution < 1.29 is 9.47 Å². The third kappa shape index (κ3) is 3.42. The largest absolute Gasteiger partial charge is 0.381 e. The van der Waals surface area contributed by atoms with E-state index in [1.165, 1.54) is 0 Å². The summed E-state index contributed by atoms with van der Waals surface area (Å²) in [7, 11) is 3.86. The second kappa shape index (κ2) is 7.09. The highest BCUT2D eigenvalue weighted by atomic mass is 35.5. The molecule has 0 radical (unpaired) electrons. The van der Waals surface area contributed by atoms with Gasteiger partial charge in [-0.25, -0.2) is 0 Å². The second-order valence-electron chi connectivity index (χ2n) is 5.63. The van der Waals surface area contributed by atoms with Crippen LogP contribution in [0.5, 0.6) is 0 Å². The van der Waals surface area contributed by atoms with E-state index < -0.39 is 0 Å². The predicted molar refractivity (Wildman–Crippen MR) is 83.9 cm³/mol. The Morgan fingerprint density at radius 2 is 2.14 bits per heavy atom. The summed E-state index contributed by atoms with van der Waals surface area (Å²) in [6.07, 6.45) is 2.63. The number of aromatic nitrogens is 2. The first kappa shape index (κ1) is 16.7. The SMILES string of the molecule is CCOC1(C(Cc2c(C)nn(C)c2Cl)NC)CCOCC1. The van der Waals surface area contributed by atoms with Crippen LogP contribution >= 0.6 is 11.6 Å². The van der Waals surface area contributed by atoms with E-state index in [1.807, 2.05) is 27.9 Å². The zero-order valence-corrected chi connectivity index (χ0v) is 14.2. The number of nitrogens with one attached hydrogen (secondary N) is 1. The molecule has 0 amide bonds. The maximum absolute atomic E-state index is 6.38. The number of hydrogen-bond donors (Lipinski definition) is 1. The van der Waals surface area contributed by atoms with Gasteiger partial charge in [0.2, 0.25) is 0 Å². The molecule has 1 fully saturated rings. The molecule has 1 atom stereocenters. The molecule has 6 heteroatoms. The molecule has 2 rings (SSSR count). The van der Waals surface area contributed by atoms with E-state index in [-0.39, 0.29) is 11.6 Å². The van der Waals surface area contributed by atoms with Gasteiger partial charge >= 0.3 is 0 Å². The Bertz CT molecular complexity index is 464. The summed E-state index contributed by atoms with van der Waals surface area (Å²) in [5.74, 6) is 0. The number of ether oxygens (including phenoxy) is 2. The fourth-order valence-electron chi connectivity index (χ4n) is 3.26. The molecule has 0 aromatic carbocycles. The van der Waals surface area contributed by atoms with E-state index in [4.69, 9.17) is 21.1 Å². The van der Waals surface area contributed by atoms with E-state index in [9.17, 15) is 0 Å². The number of rotatable bonds is 6.